The third-order valence-electron chi connectivity index (χ3n) is 4.10. The summed E-state index contributed by atoms with van der Waals surface area (Å²) in [4.78, 5) is 5.48. The highest BCUT2D eigenvalue weighted by molar-refractivity contribution is 14.0. The van der Waals surface area contributed by atoms with Crippen molar-refractivity contribution in [2.75, 3.05) is 39.9 Å². The second kappa shape index (κ2) is 12.9. The van der Waals surface area contributed by atoms with Gasteiger partial charge in [0.05, 0.1) is 6.54 Å². The Morgan fingerprint density at radius 1 is 1.26 bits per heavy atom. The molecule has 0 aliphatic carbocycles. The van der Waals surface area contributed by atoms with Gasteiger partial charge in [-0.05, 0) is 38.3 Å². The molecule has 1 aliphatic rings. The molecule has 2 N–H and O–H groups in total. The summed E-state index contributed by atoms with van der Waals surface area (Å²) in [5.41, 5.74) is 0. The van der Waals surface area contributed by atoms with Gasteiger partial charge in [-0.25, -0.2) is 13.4 Å². The number of halogens is 1. The van der Waals surface area contributed by atoms with Crippen LogP contribution >= 0.6 is 35.3 Å². The van der Waals surface area contributed by atoms with E-state index in [2.05, 4.69) is 15.6 Å². The predicted octanol–water partition coefficient (Wildman–Crippen LogP) is 2.63. The van der Waals surface area contributed by atoms with Crippen molar-refractivity contribution in [3.63, 3.8) is 0 Å². The average Bonchev–Trinajstić information content (AvgIpc) is 3.14. The molecule has 0 unspecified atom stereocenters. The molecule has 156 valence electrons. The first-order valence-electron chi connectivity index (χ1n) is 9.18. The van der Waals surface area contributed by atoms with Crippen molar-refractivity contribution in [1.82, 2.24) is 14.9 Å². The zero-order valence-corrected chi connectivity index (χ0v) is 20.0. The van der Waals surface area contributed by atoms with E-state index in [4.69, 9.17) is 4.74 Å². The van der Waals surface area contributed by atoms with E-state index < -0.39 is 10.0 Å². The summed E-state index contributed by atoms with van der Waals surface area (Å²) in [5.74, 6) is 0.734. The monoisotopic (exact) mass is 530 g/mol. The van der Waals surface area contributed by atoms with Gasteiger partial charge in [-0.3, -0.25) is 0 Å². The Morgan fingerprint density at radius 2 is 2.00 bits per heavy atom. The molecule has 2 heterocycles. The van der Waals surface area contributed by atoms with Crippen molar-refractivity contribution in [2.45, 2.75) is 43.4 Å². The van der Waals surface area contributed by atoms with Crippen LogP contribution in [-0.4, -0.2) is 58.6 Å². The molecule has 1 aromatic rings. The normalized spacial score (nSPS) is 16.0. The molecule has 0 aromatic carbocycles. The predicted molar refractivity (Wildman–Crippen MR) is 122 cm³/mol. The summed E-state index contributed by atoms with van der Waals surface area (Å²) in [7, 11) is -1.67. The number of guanidine groups is 1. The lowest BCUT2D eigenvalue weighted by Gasteiger charge is -2.25. The molecule has 1 aliphatic heterocycles. The standard InChI is InChI=1S/C17H30N4O3S2.HI/c1-3-18-17(19-10-7-13-24-2)20-14-15-8-9-16(25-15)26(22,23)21-11-5-4-6-12-21;/h8-9H,3-7,10-14H2,1-2H3,(H2,18,19,20);1H. The Bertz CT molecular complexity index is 673. The van der Waals surface area contributed by atoms with Gasteiger partial charge in [0.25, 0.3) is 10.0 Å². The summed E-state index contributed by atoms with van der Waals surface area (Å²) < 4.78 is 32.5. The molecule has 1 saturated heterocycles. The summed E-state index contributed by atoms with van der Waals surface area (Å²) in [6.45, 7) is 5.98. The fourth-order valence-corrected chi connectivity index (χ4v) is 5.69. The van der Waals surface area contributed by atoms with Gasteiger partial charge >= 0.3 is 0 Å². The highest BCUT2D eigenvalue weighted by Crippen LogP contribution is 2.27. The zero-order valence-electron chi connectivity index (χ0n) is 16.1. The van der Waals surface area contributed by atoms with Crippen LogP contribution in [0.5, 0.6) is 0 Å². The molecule has 10 heteroatoms. The van der Waals surface area contributed by atoms with E-state index in [-0.39, 0.29) is 24.0 Å². The first-order valence-corrected chi connectivity index (χ1v) is 11.4. The van der Waals surface area contributed by atoms with E-state index in [1.165, 1.54) is 11.3 Å². The fraction of sp³-hybridized carbons (Fsp3) is 0.706. The maximum atomic E-state index is 12.7. The minimum absolute atomic E-state index is 0. The van der Waals surface area contributed by atoms with Crippen LogP contribution in [0.4, 0.5) is 0 Å². The SMILES string of the molecule is CCNC(=NCc1ccc(S(=O)(=O)N2CCCCC2)s1)NCCCOC.I. The minimum Gasteiger partial charge on any atom is -0.385 e. The smallest absolute Gasteiger partial charge is 0.252 e. The number of thiophene rings is 1. The molecule has 0 amide bonds. The van der Waals surface area contributed by atoms with Crippen molar-refractivity contribution in [3.8, 4) is 0 Å². The number of methoxy groups -OCH3 is 1. The van der Waals surface area contributed by atoms with E-state index in [0.29, 0.717) is 30.5 Å². The lowest BCUT2D eigenvalue weighted by Crippen LogP contribution is -2.38. The molecule has 1 aromatic heterocycles. The van der Waals surface area contributed by atoms with Crippen LogP contribution in [0, 0.1) is 0 Å². The summed E-state index contributed by atoms with van der Waals surface area (Å²) in [6.07, 6.45) is 3.91. The number of aliphatic imine (C=N–C) groups is 1. The molecule has 0 saturated carbocycles. The molecule has 0 spiro atoms. The van der Waals surface area contributed by atoms with Gasteiger partial charge in [0, 0.05) is 44.8 Å². The number of ether oxygens (including phenoxy) is 1. The van der Waals surface area contributed by atoms with Crippen molar-refractivity contribution in [3.05, 3.63) is 17.0 Å². The van der Waals surface area contributed by atoms with Crippen LogP contribution in [0.2, 0.25) is 0 Å². The van der Waals surface area contributed by atoms with Crippen LogP contribution in [-0.2, 0) is 21.3 Å². The first kappa shape index (κ1) is 24.6. The van der Waals surface area contributed by atoms with Crippen molar-refractivity contribution in [1.29, 1.82) is 0 Å². The van der Waals surface area contributed by atoms with E-state index in [0.717, 1.165) is 49.6 Å². The molecule has 7 nitrogen and oxygen atoms in total. The van der Waals surface area contributed by atoms with Gasteiger partial charge in [-0.1, -0.05) is 6.42 Å². The number of rotatable bonds is 9. The number of piperidine rings is 1. The Hall–Kier alpha value is -0.430. The highest BCUT2D eigenvalue weighted by atomic mass is 127. The maximum Gasteiger partial charge on any atom is 0.252 e. The first-order chi connectivity index (χ1) is 12.6. The van der Waals surface area contributed by atoms with Crippen LogP contribution in [0.25, 0.3) is 0 Å². The van der Waals surface area contributed by atoms with Gasteiger partial charge in [0.15, 0.2) is 5.96 Å². The summed E-state index contributed by atoms with van der Waals surface area (Å²) in [5, 5.41) is 6.45. The number of sulfonamides is 1. The van der Waals surface area contributed by atoms with Crippen molar-refractivity contribution in [2.24, 2.45) is 4.99 Å². The molecule has 1 fully saturated rings. The quantitative estimate of drug-likeness (QED) is 0.222. The topological polar surface area (TPSA) is 83.0 Å². The number of hydrogen-bond acceptors (Lipinski definition) is 5. The van der Waals surface area contributed by atoms with E-state index in [1.807, 2.05) is 13.0 Å². The fourth-order valence-electron chi connectivity index (χ4n) is 2.74. The van der Waals surface area contributed by atoms with Gasteiger partial charge in [0.1, 0.15) is 4.21 Å². The Kier molecular flexibility index (Phi) is 11.8. The highest BCUT2D eigenvalue weighted by Gasteiger charge is 2.27. The van der Waals surface area contributed by atoms with Crippen molar-refractivity contribution >= 4 is 51.3 Å². The second-order valence-corrected chi connectivity index (χ2v) is 9.49. The molecule has 2 rings (SSSR count). The lowest BCUT2D eigenvalue weighted by atomic mass is 10.2. The van der Waals surface area contributed by atoms with Gasteiger partial charge in [0.2, 0.25) is 0 Å². The zero-order chi connectivity index (χ0) is 18.8. The van der Waals surface area contributed by atoms with Crippen LogP contribution in [0.15, 0.2) is 21.3 Å². The number of nitrogens with one attached hydrogen (secondary N) is 2. The molecule has 0 bridgehead atoms. The summed E-state index contributed by atoms with van der Waals surface area (Å²) in [6, 6.07) is 3.57. The number of hydrogen-bond donors (Lipinski definition) is 2. The van der Waals surface area contributed by atoms with Crippen LogP contribution in [0.1, 0.15) is 37.5 Å². The molecular weight excluding hydrogens is 499 g/mol. The second-order valence-electron chi connectivity index (χ2n) is 6.15. The van der Waals surface area contributed by atoms with Crippen molar-refractivity contribution < 1.29 is 13.2 Å². The molecule has 0 atom stereocenters. The third kappa shape index (κ3) is 7.84. The third-order valence-corrected chi connectivity index (χ3v) is 7.54. The molecule has 0 radical (unpaired) electrons. The summed E-state index contributed by atoms with van der Waals surface area (Å²) >= 11 is 1.31. The molecular formula is C17H31IN4O3S2. The van der Waals surface area contributed by atoms with Gasteiger partial charge in [-0.15, -0.1) is 35.3 Å². The minimum atomic E-state index is -3.35. The van der Waals surface area contributed by atoms with Gasteiger partial charge < -0.3 is 15.4 Å². The molecule has 27 heavy (non-hydrogen) atoms. The Balaban J connectivity index is 0.00000364. The van der Waals surface area contributed by atoms with E-state index in [1.54, 1.807) is 17.5 Å². The Morgan fingerprint density at radius 3 is 2.67 bits per heavy atom. The average molecular weight is 530 g/mol. The lowest BCUT2D eigenvalue weighted by molar-refractivity contribution is 0.195. The van der Waals surface area contributed by atoms with Crippen LogP contribution < -0.4 is 10.6 Å². The number of nitrogens with zero attached hydrogens (tertiary/aromatic N) is 2. The van der Waals surface area contributed by atoms with E-state index >= 15 is 0 Å². The maximum absolute atomic E-state index is 12.7. The largest absolute Gasteiger partial charge is 0.385 e. The Labute approximate surface area is 184 Å². The van der Waals surface area contributed by atoms with Crippen LogP contribution in [0.3, 0.4) is 0 Å². The van der Waals surface area contributed by atoms with Gasteiger partial charge in [-0.2, -0.15) is 4.31 Å². The van der Waals surface area contributed by atoms with E-state index in [9.17, 15) is 8.42 Å².